The molecule has 0 unspecified atom stereocenters. The fourth-order valence-electron chi connectivity index (χ4n) is 1.43. The SMILES string of the molecule is CNCc1nnc(-c2ccccc2OC(F)F)o1. The zero-order valence-electron chi connectivity index (χ0n) is 9.56. The molecule has 1 heterocycles. The van der Waals surface area contributed by atoms with Gasteiger partial charge >= 0.3 is 6.61 Å². The van der Waals surface area contributed by atoms with Crippen LogP contribution >= 0.6 is 0 Å². The van der Waals surface area contributed by atoms with Gasteiger partial charge in [0.15, 0.2) is 0 Å². The van der Waals surface area contributed by atoms with Crippen LogP contribution in [0.5, 0.6) is 5.75 Å². The number of nitrogens with one attached hydrogen (secondary N) is 1. The number of alkyl halides is 2. The molecular weight excluding hydrogens is 244 g/mol. The first-order valence-electron chi connectivity index (χ1n) is 5.22. The monoisotopic (exact) mass is 255 g/mol. The number of aromatic nitrogens is 2. The summed E-state index contributed by atoms with van der Waals surface area (Å²) in [6.07, 6.45) is 0. The summed E-state index contributed by atoms with van der Waals surface area (Å²) in [5.41, 5.74) is 0.340. The van der Waals surface area contributed by atoms with Gasteiger partial charge in [-0.05, 0) is 19.2 Å². The van der Waals surface area contributed by atoms with E-state index in [1.54, 1.807) is 25.2 Å². The number of ether oxygens (including phenoxy) is 1. The molecule has 5 nitrogen and oxygen atoms in total. The van der Waals surface area contributed by atoms with Gasteiger partial charge in [-0.3, -0.25) is 0 Å². The number of rotatable bonds is 5. The highest BCUT2D eigenvalue weighted by molar-refractivity contribution is 5.62. The molecule has 0 spiro atoms. The third kappa shape index (κ3) is 2.80. The molecule has 0 saturated carbocycles. The molecule has 0 aliphatic carbocycles. The first-order valence-corrected chi connectivity index (χ1v) is 5.22. The van der Waals surface area contributed by atoms with E-state index in [4.69, 9.17) is 4.42 Å². The zero-order valence-corrected chi connectivity index (χ0v) is 9.56. The lowest BCUT2D eigenvalue weighted by molar-refractivity contribution is -0.0495. The van der Waals surface area contributed by atoms with E-state index in [1.165, 1.54) is 6.07 Å². The smallest absolute Gasteiger partial charge is 0.387 e. The predicted molar refractivity (Wildman–Crippen MR) is 59.1 cm³/mol. The highest BCUT2D eigenvalue weighted by atomic mass is 19.3. The Morgan fingerprint density at radius 3 is 2.83 bits per heavy atom. The Bertz CT molecular complexity index is 516. The minimum absolute atomic E-state index is 0.00663. The van der Waals surface area contributed by atoms with Crippen molar-refractivity contribution in [3.63, 3.8) is 0 Å². The largest absolute Gasteiger partial charge is 0.434 e. The van der Waals surface area contributed by atoms with Crippen molar-refractivity contribution in [1.29, 1.82) is 0 Å². The van der Waals surface area contributed by atoms with Gasteiger partial charge in [-0.25, -0.2) is 0 Å². The van der Waals surface area contributed by atoms with Gasteiger partial charge in [0.05, 0.1) is 12.1 Å². The van der Waals surface area contributed by atoms with Crippen LogP contribution in [0, 0.1) is 0 Å². The summed E-state index contributed by atoms with van der Waals surface area (Å²) in [7, 11) is 1.73. The molecule has 0 atom stereocenters. The number of nitrogens with zero attached hydrogens (tertiary/aromatic N) is 2. The summed E-state index contributed by atoms with van der Waals surface area (Å²) in [5, 5.41) is 10.4. The molecular formula is C11H11F2N3O2. The Balaban J connectivity index is 2.30. The van der Waals surface area contributed by atoms with E-state index >= 15 is 0 Å². The molecule has 2 aromatic rings. The van der Waals surface area contributed by atoms with Gasteiger partial charge in [0.1, 0.15) is 5.75 Å². The molecule has 2 rings (SSSR count). The van der Waals surface area contributed by atoms with Gasteiger partial charge in [-0.15, -0.1) is 10.2 Å². The molecule has 0 aliphatic rings. The van der Waals surface area contributed by atoms with Crippen LogP contribution in [0.4, 0.5) is 8.78 Å². The Kier molecular flexibility index (Phi) is 3.83. The van der Waals surface area contributed by atoms with Crippen LogP contribution in [0.2, 0.25) is 0 Å². The second kappa shape index (κ2) is 5.54. The van der Waals surface area contributed by atoms with Crippen molar-refractivity contribution in [2.45, 2.75) is 13.2 Å². The van der Waals surface area contributed by atoms with Gasteiger partial charge in [-0.1, -0.05) is 12.1 Å². The van der Waals surface area contributed by atoms with Crippen LogP contribution in [0.1, 0.15) is 5.89 Å². The Labute approximate surface area is 102 Å². The van der Waals surface area contributed by atoms with E-state index in [9.17, 15) is 8.78 Å². The van der Waals surface area contributed by atoms with Crippen molar-refractivity contribution >= 4 is 0 Å². The molecule has 0 aliphatic heterocycles. The maximum absolute atomic E-state index is 12.2. The predicted octanol–water partition coefficient (Wildman–Crippen LogP) is 2.06. The quantitative estimate of drug-likeness (QED) is 0.886. The zero-order chi connectivity index (χ0) is 13.0. The van der Waals surface area contributed by atoms with Gasteiger partial charge in [-0.2, -0.15) is 8.78 Å². The molecule has 1 aromatic carbocycles. The summed E-state index contributed by atoms with van der Waals surface area (Å²) in [5.74, 6) is 0.531. The third-order valence-electron chi connectivity index (χ3n) is 2.13. The van der Waals surface area contributed by atoms with Crippen molar-refractivity contribution in [3.05, 3.63) is 30.2 Å². The summed E-state index contributed by atoms with van der Waals surface area (Å²) < 4.78 is 34.2. The molecule has 0 radical (unpaired) electrons. The van der Waals surface area contributed by atoms with Gasteiger partial charge in [0.2, 0.25) is 5.89 Å². The minimum Gasteiger partial charge on any atom is -0.434 e. The molecule has 7 heteroatoms. The van der Waals surface area contributed by atoms with Crippen molar-refractivity contribution in [2.24, 2.45) is 0 Å². The Morgan fingerprint density at radius 2 is 2.11 bits per heavy atom. The topological polar surface area (TPSA) is 60.2 Å². The molecule has 0 fully saturated rings. The van der Waals surface area contributed by atoms with E-state index in [0.717, 1.165) is 0 Å². The van der Waals surface area contributed by atoms with E-state index in [1.807, 2.05) is 0 Å². The number of hydrogen-bond donors (Lipinski definition) is 1. The lowest BCUT2D eigenvalue weighted by Gasteiger charge is -2.07. The maximum atomic E-state index is 12.2. The second-order valence-corrected chi connectivity index (χ2v) is 3.41. The first kappa shape index (κ1) is 12.4. The van der Waals surface area contributed by atoms with E-state index in [-0.39, 0.29) is 11.6 Å². The lowest BCUT2D eigenvalue weighted by Crippen LogP contribution is -2.04. The average Bonchev–Trinajstić information content (AvgIpc) is 2.78. The molecule has 18 heavy (non-hydrogen) atoms. The molecule has 0 bridgehead atoms. The van der Waals surface area contributed by atoms with Crippen molar-refractivity contribution in [1.82, 2.24) is 15.5 Å². The molecule has 1 N–H and O–H groups in total. The highest BCUT2D eigenvalue weighted by Crippen LogP contribution is 2.29. The average molecular weight is 255 g/mol. The second-order valence-electron chi connectivity index (χ2n) is 3.41. The molecule has 0 amide bonds. The van der Waals surface area contributed by atoms with E-state index < -0.39 is 6.61 Å². The van der Waals surface area contributed by atoms with Crippen molar-refractivity contribution in [2.75, 3.05) is 7.05 Å². The lowest BCUT2D eigenvalue weighted by atomic mass is 10.2. The van der Waals surface area contributed by atoms with E-state index in [2.05, 4.69) is 20.3 Å². The van der Waals surface area contributed by atoms with Crippen molar-refractivity contribution < 1.29 is 17.9 Å². The highest BCUT2D eigenvalue weighted by Gasteiger charge is 2.15. The van der Waals surface area contributed by atoms with Crippen LogP contribution in [-0.4, -0.2) is 23.9 Å². The van der Waals surface area contributed by atoms with Gasteiger partial charge < -0.3 is 14.5 Å². The molecule has 96 valence electrons. The maximum Gasteiger partial charge on any atom is 0.387 e. The van der Waals surface area contributed by atoms with Gasteiger partial charge in [0.25, 0.3) is 5.89 Å². The normalized spacial score (nSPS) is 10.9. The summed E-state index contributed by atoms with van der Waals surface area (Å²) >= 11 is 0. The number of benzene rings is 1. The Morgan fingerprint density at radius 1 is 1.33 bits per heavy atom. The summed E-state index contributed by atoms with van der Waals surface area (Å²) in [4.78, 5) is 0. The molecule has 1 aromatic heterocycles. The first-order chi connectivity index (χ1) is 8.70. The standard InChI is InChI=1S/C11H11F2N3O2/c1-14-6-9-15-16-10(18-9)7-4-2-3-5-8(7)17-11(12)13/h2-5,11,14H,6H2,1H3. The molecule has 0 saturated heterocycles. The number of hydrogen-bond acceptors (Lipinski definition) is 5. The Hall–Kier alpha value is -2.02. The van der Waals surface area contributed by atoms with Crippen LogP contribution in [-0.2, 0) is 6.54 Å². The summed E-state index contributed by atoms with van der Waals surface area (Å²) in [6.45, 7) is -2.49. The fourth-order valence-corrected chi connectivity index (χ4v) is 1.43. The van der Waals surface area contributed by atoms with Crippen LogP contribution < -0.4 is 10.1 Å². The third-order valence-corrected chi connectivity index (χ3v) is 2.13. The van der Waals surface area contributed by atoms with Crippen LogP contribution in [0.3, 0.4) is 0 Å². The minimum atomic E-state index is -2.90. The van der Waals surface area contributed by atoms with Crippen molar-refractivity contribution in [3.8, 4) is 17.2 Å². The fraction of sp³-hybridized carbons (Fsp3) is 0.273. The van der Waals surface area contributed by atoms with Gasteiger partial charge in [0, 0.05) is 0 Å². The summed E-state index contributed by atoms with van der Waals surface area (Å²) in [6, 6.07) is 6.26. The van der Waals surface area contributed by atoms with Crippen LogP contribution in [0.15, 0.2) is 28.7 Å². The van der Waals surface area contributed by atoms with E-state index in [0.29, 0.717) is 18.0 Å². The van der Waals surface area contributed by atoms with Crippen LogP contribution in [0.25, 0.3) is 11.5 Å². The number of halogens is 2. The number of para-hydroxylation sites is 1.